The first-order valence-corrected chi connectivity index (χ1v) is 3.08. The highest BCUT2D eigenvalue weighted by Crippen LogP contribution is 1.85. The SMILES string of the molecule is C1CO1.CC(O)C(C)O. The molecule has 0 saturated carbocycles. The summed E-state index contributed by atoms with van der Waals surface area (Å²) in [6, 6.07) is 0. The quantitative estimate of drug-likeness (QED) is 0.487. The molecule has 0 spiro atoms. The molecule has 0 aromatic rings. The van der Waals surface area contributed by atoms with E-state index in [1.807, 2.05) is 0 Å². The summed E-state index contributed by atoms with van der Waals surface area (Å²) < 4.78 is 4.50. The molecule has 1 aliphatic heterocycles. The van der Waals surface area contributed by atoms with Crippen LogP contribution in [0.1, 0.15) is 13.8 Å². The highest BCUT2D eigenvalue weighted by molar-refractivity contribution is 4.50. The van der Waals surface area contributed by atoms with Crippen LogP contribution in [-0.2, 0) is 4.74 Å². The Morgan fingerprint density at radius 3 is 1.33 bits per heavy atom. The van der Waals surface area contributed by atoms with Crippen molar-refractivity contribution in [2.24, 2.45) is 0 Å². The number of hydrogen-bond donors (Lipinski definition) is 2. The van der Waals surface area contributed by atoms with Crippen LogP contribution in [0.2, 0.25) is 0 Å². The summed E-state index contributed by atoms with van der Waals surface area (Å²) in [4.78, 5) is 0. The molecular formula is C6H14O3. The second kappa shape index (κ2) is 4.73. The molecule has 1 rings (SSSR count). The third kappa shape index (κ3) is 11.4. The Balaban J connectivity index is 0.000000173. The molecule has 0 aromatic carbocycles. The molecule has 9 heavy (non-hydrogen) atoms. The fourth-order valence-electron chi connectivity index (χ4n) is 0. The monoisotopic (exact) mass is 134 g/mol. The average molecular weight is 134 g/mol. The molecule has 0 radical (unpaired) electrons. The van der Waals surface area contributed by atoms with E-state index in [0.29, 0.717) is 0 Å². The van der Waals surface area contributed by atoms with Gasteiger partial charge in [0.15, 0.2) is 0 Å². The van der Waals surface area contributed by atoms with E-state index in [1.54, 1.807) is 13.8 Å². The van der Waals surface area contributed by atoms with Gasteiger partial charge in [-0.15, -0.1) is 0 Å². The van der Waals surface area contributed by atoms with Gasteiger partial charge in [0.1, 0.15) is 0 Å². The van der Waals surface area contributed by atoms with Crippen molar-refractivity contribution in [3.63, 3.8) is 0 Å². The lowest BCUT2D eigenvalue weighted by Crippen LogP contribution is -2.17. The summed E-state index contributed by atoms with van der Waals surface area (Å²) in [7, 11) is 0. The Morgan fingerprint density at radius 2 is 1.33 bits per heavy atom. The van der Waals surface area contributed by atoms with E-state index in [2.05, 4.69) is 4.74 Å². The predicted molar refractivity (Wildman–Crippen MR) is 34.2 cm³/mol. The minimum Gasteiger partial charge on any atom is -0.391 e. The summed E-state index contributed by atoms with van der Waals surface area (Å²) in [6.45, 7) is 5.09. The van der Waals surface area contributed by atoms with Crippen molar-refractivity contribution in [2.75, 3.05) is 13.2 Å². The summed E-state index contributed by atoms with van der Waals surface area (Å²) in [5.74, 6) is 0. The van der Waals surface area contributed by atoms with Gasteiger partial charge >= 0.3 is 0 Å². The average Bonchev–Trinajstić information content (AvgIpc) is 2.46. The Hall–Kier alpha value is -0.120. The van der Waals surface area contributed by atoms with Crippen molar-refractivity contribution >= 4 is 0 Å². The van der Waals surface area contributed by atoms with Crippen LogP contribution in [0.4, 0.5) is 0 Å². The number of epoxide rings is 1. The normalized spacial score (nSPS) is 21.3. The van der Waals surface area contributed by atoms with Gasteiger partial charge < -0.3 is 14.9 Å². The van der Waals surface area contributed by atoms with Gasteiger partial charge in [-0.25, -0.2) is 0 Å². The minimum atomic E-state index is -0.593. The zero-order valence-corrected chi connectivity index (χ0v) is 5.87. The van der Waals surface area contributed by atoms with E-state index in [0.717, 1.165) is 13.2 Å². The predicted octanol–water partition coefficient (Wildman–Crippen LogP) is -0.235. The number of ether oxygens (including phenoxy) is 1. The van der Waals surface area contributed by atoms with Gasteiger partial charge in [0.05, 0.1) is 25.4 Å². The Kier molecular flexibility index (Phi) is 4.67. The van der Waals surface area contributed by atoms with Crippen LogP contribution >= 0.6 is 0 Å². The van der Waals surface area contributed by atoms with Gasteiger partial charge in [-0.05, 0) is 13.8 Å². The van der Waals surface area contributed by atoms with Crippen LogP contribution < -0.4 is 0 Å². The van der Waals surface area contributed by atoms with Crippen LogP contribution in [0, 0.1) is 0 Å². The minimum absolute atomic E-state index is 0.593. The Bertz CT molecular complexity index is 50.6. The van der Waals surface area contributed by atoms with Crippen molar-refractivity contribution in [1.29, 1.82) is 0 Å². The second-order valence-electron chi connectivity index (χ2n) is 2.09. The summed E-state index contributed by atoms with van der Waals surface area (Å²) in [5.41, 5.74) is 0. The third-order valence-corrected chi connectivity index (χ3v) is 0.902. The van der Waals surface area contributed by atoms with Crippen molar-refractivity contribution in [3.8, 4) is 0 Å². The van der Waals surface area contributed by atoms with E-state index in [4.69, 9.17) is 10.2 Å². The van der Waals surface area contributed by atoms with E-state index >= 15 is 0 Å². The molecule has 0 aliphatic carbocycles. The molecule has 3 heteroatoms. The van der Waals surface area contributed by atoms with Crippen molar-refractivity contribution in [3.05, 3.63) is 0 Å². The maximum Gasteiger partial charge on any atom is 0.0768 e. The van der Waals surface area contributed by atoms with Crippen LogP contribution in [-0.4, -0.2) is 35.6 Å². The number of rotatable bonds is 1. The van der Waals surface area contributed by atoms with Crippen LogP contribution in [0.15, 0.2) is 0 Å². The highest BCUT2D eigenvalue weighted by atomic mass is 16.6. The van der Waals surface area contributed by atoms with E-state index in [1.165, 1.54) is 0 Å². The van der Waals surface area contributed by atoms with Crippen molar-refractivity contribution < 1.29 is 14.9 Å². The lowest BCUT2D eigenvalue weighted by molar-refractivity contribution is 0.0438. The van der Waals surface area contributed by atoms with E-state index in [9.17, 15) is 0 Å². The van der Waals surface area contributed by atoms with Gasteiger partial charge in [0.2, 0.25) is 0 Å². The fourth-order valence-corrected chi connectivity index (χ4v) is 0. The number of aliphatic hydroxyl groups is 2. The first kappa shape index (κ1) is 8.88. The molecule has 1 fully saturated rings. The maximum absolute atomic E-state index is 8.38. The zero-order chi connectivity index (χ0) is 7.28. The second-order valence-corrected chi connectivity index (χ2v) is 2.09. The standard InChI is InChI=1S/C4H10O2.C2H4O/c1-3(5)4(2)6;1-2-3-1/h3-6H,1-2H3;1-2H2. The summed E-state index contributed by atoms with van der Waals surface area (Å²) >= 11 is 0. The molecule has 0 aromatic heterocycles. The number of aliphatic hydroxyl groups excluding tert-OH is 2. The van der Waals surface area contributed by atoms with E-state index in [-0.39, 0.29) is 0 Å². The summed E-state index contributed by atoms with van der Waals surface area (Å²) in [5, 5.41) is 16.8. The van der Waals surface area contributed by atoms with Crippen molar-refractivity contribution in [2.45, 2.75) is 26.1 Å². The molecule has 0 amide bonds. The van der Waals surface area contributed by atoms with Crippen molar-refractivity contribution in [1.82, 2.24) is 0 Å². The molecule has 2 atom stereocenters. The number of hydrogen-bond acceptors (Lipinski definition) is 3. The largest absolute Gasteiger partial charge is 0.391 e. The first-order chi connectivity index (χ1) is 4.14. The molecule has 0 bridgehead atoms. The lowest BCUT2D eigenvalue weighted by atomic mass is 10.3. The first-order valence-electron chi connectivity index (χ1n) is 3.08. The van der Waals surface area contributed by atoms with Gasteiger partial charge in [0.25, 0.3) is 0 Å². The molecule has 3 nitrogen and oxygen atoms in total. The smallest absolute Gasteiger partial charge is 0.0768 e. The molecule has 1 aliphatic rings. The topological polar surface area (TPSA) is 53.0 Å². The fraction of sp³-hybridized carbons (Fsp3) is 1.00. The van der Waals surface area contributed by atoms with Gasteiger partial charge in [-0.1, -0.05) is 0 Å². The van der Waals surface area contributed by atoms with Crippen LogP contribution in [0.25, 0.3) is 0 Å². The van der Waals surface area contributed by atoms with E-state index < -0.39 is 12.2 Å². The molecule has 56 valence electrons. The molecule has 2 N–H and O–H groups in total. The molecule has 2 unspecified atom stereocenters. The third-order valence-electron chi connectivity index (χ3n) is 0.902. The lowest BCUT2D eigenvalue weighted by Gasteiger charge is -2.03. The van der Waals surface area contributed by atoms with Crippen LogP contribution in [0.5, 0.6) is 0 Å². The van der Waals surface area contributed by atoms with Gasteiger partial charge in [0, 0.05) is 0 Å². The van der Waals surface area contributed by atoms with Gasteiger partial charge in [-0.2, -0.15) is 0 Å². The summed E-state index contributed by atoms with van der Waals surface area (Å²) in [6.07, 6.45) is -1.19. The zero-order valence-electron chi connectivity index (χ0n) is 5.87. The van der Waals surface area contributed by atoms with Gasteiger partial charge in [-0.3, -0.25) is 0 Å². The molecule has 1 saturated heterocycles. The Morgan fingerprint density at radius 1 is 1.11 bits per heavy atom. The van der Waals surface area contributed by atoms with Crippen LogP contribution in [0.3, 0.4) is 0 Å². The maximum atomic E-state index is 8.38. The molecule has 1 heterocycles. The highest BCUT2D eigenvalue weighted by Gasteiger charge is 1.99. The Labute approximate surface area is 55.3 Å². The molecular weight excluding hydrogens is 120 g/mol.